The lowest BCUT2D eigenvalue weighted by molar-refractivity contribution is -0.273. The number of urea groups is 1. The zero-order chi connectivity index (χ0) is 37.0. The Labute approximate surface area is 310 Å². The second-order valence-corrected chi connectivity index (χ2v) is 15.7. The van der Waals surface area contributed by atoms with Gasteiger partial charge in [0.05, 0.1) is 4.47 Å². The van der Waals surface area contributed by atoms with Gasteiger partial charge in [0, 0.05) is 63.3 Å². The number of anilines is 1. The SMILES string of the molecule is O=C(CCC1CCC(N2CCc3ccccc3NC2=O)CC1)O[C@H](Cc1ccc(O)c(Br)c1)C(=O)N1CCC(N2CCC(O)(C(F)(F)F)CC2)CC1. The lowest BCUT2D eigenvalue weighted by Crippen LogP contribution is -2.57. The van der Waals surface area contributed by atoms with Crippen molar-refractivity contribution in [3.05, 3.63) is 58.1 Å². The van der Waals surface area contributed by atoms with E-state index in [0.717, 1.165) is 43.4 Å². The fourth-order valence-electron chi connectivity index (χ4n) is 8.29. The predicted octanol–water partition coefficient (Wildman–Crippen LogP) is 6.42. The molecule has 2 saturated heterocycles. The van der Waals surface area contributed by atoms with Crippen LogP contribution in [0.4, 0.5) is 23.7 Å². The number of phenols is 1. The average molecular weight is 794 g/mol. The van der Waals surface area contributed by atoms with Crippen LogP contribution in [0.3, 0.4) is 0 Å². The molecule has 14 heteroatoms. The van der Waals surface area contributed by atoms with Crippen molar-refractivity contribution in [2.24, 2.45) is 5.92 Å². The van der Waals surface area contributed by atoms with Crippen LogP contribution in [0.2, 0.25) is 0 Å². The largest absolute Gasteiger partial charge is 0.507 e. The summed E-state index contributed by atoms with van der Waals surface area (Å²) in [5.41, 5.74) is 0.0496. The van der Waals surface area contributed by atoms with Gasteiger partial charge in [-0.05, 0) is 115 Å². The number of aliphatic hydroxyl groups is 1. The van der Waals surface area contributed by atoms with Gasteiger partial charge in [0.2, 0.25) is 0 Å². The second-order valence-electron chi connectivity index (χ2n) is 14.8. The molecule has 0 radical (unpaired) electrons. The maximum Gasteiger partial charge on any atom is 0.417 e. The minimum Gasteiger partial charge on any atom is -0.507 e. The number of amides is 3. The molecule has 1 saturated carbocycles. The first-order chi connectivity index (χ1) is 24.8. The Balaban J connectivity index is 0.999. The molecule has 3 fully saturated rings. The van der Waals surface area contributed by atoms with Crippen LogP contribution < -0.4 is 5.32 Å². The molecule has 3 amide bonds. The molecule has 0 spiro atoms. The number of alkyl halides is 3. The molecule has 0 unspecified atom stereocenters. The lowest BCUT2D eigenvalue weighted by atomic mass is 9.83. The number of ether oxygens (including phenoxy) is 1. The number of rotatable bonds is 9. The molecule has 4 aliphatic rings. The van der Waals surface area contributed by atoms with E-state index in [-0.39, 0.29) is 68.5 Å². The summed E-state index contributed by atoms with van der Waals surface area (Å²) in [5.74, 6) is -0.421. The van der Waals surface area contributed by atoms with Crippen molar-refractivity contribution in [2.45, 2.75) is 107 Å². The number of aromatic hydroxyl groups is 1. The van der Waals surface area contributed by atoms with E-state index in [9.17, 15) is 37.8 Å². The monoisotopic (exact) mass is 792 g/mol. The number of piperidine rings is 2. The number of hydrogen-bond donors (Lipinski definition) is 3. The van der Waals surface area contributed by atoms with Crippen LogP contribution in [-0.2, 0) is 27.2 Å². The summed E-state index contributed by atoms with van der Waals surface area (Å²) in [6.07, 6.45) is -0.135. The van der Waals surface area contributed by atoms with Crippen molar-refractivity contribution in [3.8, 4) is 5.75 Å². The smallest absolute Gasteiger partial charge is 0.417 e. The van der Waals surface area contributed by atoms with Crippen molar-refractivity contribution in [3.63, 3.8) is 0 Å². The number of hydrogen-bond acceptors (Lipinski definition) is 7. The molecule has 3 aliphatic heterocycles. The summed E-state index contributed by atoms with van der Waals surface area (Å²) in [4.78, 5) is 45.7. The molecular formula is C38H48BrF3N4O6. The molecule has 3 N–H and O–H groups in total. The number of nitrogens with one attached hydrogen (secondary N) is 1. The normalized spacial score (nSPS) is 23.7. The summed E-state index contributed by atoms with van der Waals surface area (Å²) in [6.45, 7) is 1.69. The first kappa shape index (κ1) is 38.4. The predicted molar refractivity (Wildman–Crippen MR) is 192 cm³/mol. The van der Waals surface area contributed by atoms with Crippen molar-refractivity contribution < 1.29 is 42.5 Å². The van der Waals surface area contributed by atoms with Crippen LogP contribution in [0.5, 0.6) is 5.75 Å². The van der Waals surface area contributed by atoms with Crippen molar-refractivity contribution in [1.29, 1.82) is 0 Å². The molecule has 1 aliphatic carbocycles. The lowest BCUT2D eigenvalue weighted by Gasteiger charge is -2.45. The maximum absolute atomic E-state index is 13.9. The van der Waals surface area contributed by atoms with E-state index in [1.54, 1.807) is 17.0 Å². The molecular weight excluding hydrogens is 745 g/mol. The van der Waals surface area contributed by atoms with Gasteiger partial charge < -0.3 is 35.0 Å². The van der Waals surface area contributed by atoms with E-state index in [4.69, 9.17) is 4.74 Å². The van der Waals surface area contributed by atoms with E-state index in [1.807, 2.05) is 34.1 Å². The van der Waals surface area contributed by atoms with Gasteiger partial charge in [-0.1, -0.05) is 24.3 Å². The quantitative estimate of drug-likeness (QED) is 0.251. The number of likely N-dealkylation sites (tertiary alicyclic amines) is 2. The third kappa shape index (κ3) is 9.04. The van der Waals surface area contributed by atoms with Gasteiger partial charge in [0.1, 0.15) is 5.75 Å². The van der Waals surface area contributed by atoms with Gasteiger partial charge in [0.25, 0.3) is 5.91 Å². The van der Waals surface area contributed by atoms with Crippen LogP contribution in [0.25, 0.3) is 0 Å². The van der Waals surface area contributed by atoms with Gasteiger partial charge in [-0.3, -0.25) is 9.59 Å². The van der Waals surface area contributed by atoms with Crippen molar-refractivity contribution >= 4 is 39.5 Å². The van der Waals surface area contributed by atoms with Crippen LogP contribution >= 0.6 is 15.9 Å². The molecule has 2 aromatic carbocycles. The standard InChI is InChI=1S/C38H48BrF3N4O6/c39-30-23-26(7-11-32(30)47)24-33(35(49)45-18-14-28(15-19-45)44-21-16-37(51,17-22-44)38(40,41)42)52-34(48)12-8-25-5-9-29(10-6-25)46-20-13-27-3-1-2-4-31(27)43-36(46)50/h1-4,7,11,23,25,28-29,33,47,51H,5-6,8-10,12-22,24H2,(H,43,50)/t25?,29?,33-/m1/s1. The molecule has 1 atom stereocenters. The highest BCUT2D eigenvalue weighted by molar-refractivity contribution is 9.10. The summed E-state index contributed by atoms with van der Waals surface area (Å²) >= 11 is 3.31. The number of phenolic OH excluding ortho intramolecular Hbond substituents is 1. The van der Waals surface area contributed by atoms with Crippen LogP contribution in [0.1, 0.15) is 75.3 Å². The number of nitrogens with zero attached hydrogens (tertiary/aromatic N) is 3. The van der Waals surface area contributed by atoms with Gasteiger partial charge >= 0.3 is 18.2 Å². The Morgan fingerprint density at radius 1 is 0.962 bits per heavy atom. The van der Waals surface area contributed by atoms with Crippen molar-refractivity contribution in [1.82, 2.24) is 14.7 Å². The number of para-hydroxylation sites is 1. The molecule has 52 heavy (non-hydrogen) atoms. The Kier molecular flexibility index (Phi) is 12.1. The highest BCUT2D eigenvalue weighted by atomic mass is 79.9. The Hall–Kier alpha value is -3.36. The third-order valence-electron chi connectivity index (χ3n) is 11.6. The molecule has 0 bridgehead atoms. The van der Waals surface area contributed by atoms with E-state index in [0.29, 0.717) is 54.9 Å². The molecule has 6 rings (SSSR count). The van der Waals surface area contributed by atoms with Crippen LogP contribution in [-0.4, -0.2) is 106 Å². The van der Waals surface area contributed by atoms with Gasteiger partial charge in [-0.15, -0.1) is 0 Å². The Morgan fingerprint density at radius 2 is 1.65 bits per heavy atom. The van der Waals surface area contributed by atoms with E-state index >= 15 is 0 Å². The van der Waals surface area contributed by atoms with Crippen molar-refractivity contribution in [2.75, 3.05) is 38.0 Å². The number of esters is 1. The second kappa shape index (κ2) is 16.3. The Morgan fingerprint density at radius 3 is 2.33 bits per heavy atom. The van der Waals surface area contributed by atoms with Crippen LogP contribution in [0, 0.1) is 5.92 Å². The summed E-state index contributed by atoms with van der Waals surface area (Å²) < 4.78 is 46.3. The van der Waals surface area contributed by atoms with Gasteiger partial charge in [0.15, 0.2) is 11.7 Å². The summed E-state index contributed by atoms with van der Waals surface area (Å²) in [5, 5.41) is 23.1. The maximum atomic E-state index is 13.9. The minimum absolute atomic E-state index is 0.00369. The first-order valence-electron chi connectivity index (χ1n) is 18.4. The van der Waals surface area contributed by atoms with Gasteiger partial charge in [-0.25, -0.2) is 4.79 Å². The zero-order valence-electron chi connectivity index (χ0n) is 29.3. The molecule has 10 nitrogen and oxygen atoms in total. The fraction of sp³-hybridized carbons (Fsp3) is 0.605. The first-order valence-corrected chi connectivity index (χ1v) is 19.2. The topological polar surface area (TPSA) is 123 Å². The number of benzene rings is 2. The molecule has 3 heterocycles. The molecule has 0 aromatic heterocycles. The average Bonchev–Trinajstić information content (AvgIpc) is 3.30. The van der Waals surface area contributed by atoms with E-state index in [2.05, 4.69) is 21.2 Å². The summed E-state index contributed by atoms with van der Waals surface area (Å²) in [6, 6.07) is 12.8. The molecule has 2 aromatic rings. The fourth-order valence-corrected chi connectivity index (χ4v) is 8.72. The number of halogens is 4. The molecule has 284 valence electrons. The zero-order valence-corrected chi connectivity index (χ0v) is 30.8. The third-order valence-corrected chi connectivity index (χ3v) is 12.2. The Bertz CT molecular complexity index is 1590. The number of carbonyl (C=O) groups is 3. The summed E-state index contributed by atoms with van der Waals surface area (Å²) in [7, 11) is 0. The highest BCUT2D eigenvalue weighted by Crippen LogP contribution is 2.39. The number of fused-ring (bicyclic) bond motifs is 1. The van der Waals surface area contributed by atoms with E-state index in [1.165, 1.54) is 6.07 Å². The highest BCUT2D eigenvalue weighted by Gasteiger charge is 2.55. The minimum atomic E-state index is -4.66. The van der Waals surface area contributed by atoms with E-state index < -0.39 is 23.9 Å². The van der Waals surface area contributed by atoms with Crippen LogP contribution in [0.15, 0.2) is 46.9 Å². The van der Waals surface area contributed by atoms with Gasteiger partial charge in [-0.2, -0.15) is 13.2 Å². The number of carbonyl (C=O) groups excluding carboxylic acids is 3.